The smallest absolute Gasteiger partial charge is 0.251 e. The average molecular weight is 236 g/mol. The molecule has 1 unspecified atom stereocenters. The van der Waals surface area contributed by atoms with Crippen LogP contribution in [0.15, 0.2) is 18.3 Å². The molecule has 0 saturated carbocycles. The fourth-order valence-electron chi connectivity index (χ4n) is 1.25. The number of pyridine rings is 1. The molecule has 0 fully saturated rings. The van der Waals surface area contributed by atoms with Crippen LogP contribution in [-0.2, 0) is 0 Å². The quantitative estimate of drug-likeness (QED) is 0.781. The van der Waals surface area contributed by atoms with Crippen LogP contribution < -0.4 is 15.5 Å². The molecule has 1 heterocycles. The minimum atomic E-state index is -0.0717. The monoisotopic (exact) mass is 236 g/mol. The fraction of sp³-hybridized carbons (Fsp3) is 0.500. The van der Waals surface area contributed by atoms with E-state index in [1.54, 1.807) is 18.3 Å². The van der Waals surface area contributed by atoms with Gasteiger partial charge in [0.15, 0.2) is 0 Å². The lowest BCUT2D eigenvalue weighted by Crippen LogP contribution is -2.37. The zero-order valence-electron chi connectivity index (χ0n) is 10.8. The van der Waals surface area contributed by atoms with Crippen molar-refractivity contribution in [3.8, 4) is 0 Å². The van der Waals surface area contributed by atoms with Crippen LogP contribution in [0.2, 0.25) is 0 Å². The van der Waals surface area contributed by atoms with Crippen LogP contribution in [0.1, 0.15) is 17.3 Å². The van der Waals surface area contributed by atoms with Crippen LogP contribution in [0.25, 0.3) is 0 Å². The number of hydrogen-bond donors (Lipinski definition) is 2. The molecule has 1 atom stereocenters. The van der Waals surface area contributed by atoms with Gasteiger partial charge in [0.1, 0.15) is 5.82 Å². The van der Waals surface area contributed by atoms with Crippen LogP contribution in [0.4, 0.5) is 5.82 Å². The van der Waals surface area contributed by atoms with Crippen molar-refractivity contribution in [2.45, 2.75) is 13.0 Å². The average Bonchev–Trinajstić information content (AvgIpc) is 2.35. The number of nitrogens with one attached hydrogen (secondary N) is 2. The van der Waals surface area contributed by atoms with Gasteiger partial charge in [-0.2, -0.15) is 0 Å². The Bertz CT molecular complexity index is 379. The van der Waals surface area contributed by atoms with Crippen molar-refractivity contribution in [3.63, 3.8) is 0 Å². The van der Waals surface area contributed by atoms with Crippen molar-refractivity contribution in [1.82, 2.24) is 15.6 Å². The zero-order chi connectivity index (χ0) is 12.8. The molecule has 94 valence electrons. The van der Waals surface area contributed by atoms with Gasteiger partial charge in [-0.1, -0.05) is 0 Å². The standard InChI is InChI=1S/C12H20N4O/c1-9(13-2)8-15-12(17)10-5-6-14-11(7-10)16(3)4/h5-7,9,13H,8H2,1-4H3,(H,15,17). The molecule has 1 aromatic heterocycles. The molecule has 0 radical (unpaired) electrons. The first-order valence-electron chi connectivity index (χ1n) is 5.63. The molecule has 0 aliphatic rings. The van der Waals surface area contributed by atoms with E-state index in [-0.39, 0.29) is 11.9 Å². The highest BCUT2D eigenvalue weighted by Gasteiger charge is 2.08. The van der Waals surface area contributed by atoms with Gasteiger partial charge in [-0.05, 0) is 26.1 Å². The van der Waals surface area contributed by atoms with Gasteiger partial charge in [0.05, 0.1) is 0 Å². The molecular weight excluding hydrogens is 216 g/mol. The van der Waals surface area contributed by atoms with Crippen LogP contribution in [-0.4, -0.2) is 44.6 Å². The molecule has 17 heavy (non-hydrogen) atoms. The molecule has 1 rings (SSSR count). The van der Waals surface area contributed by atoms with Gasteiger partial charge in [-0.25, -0.2) is 4.98 Å². The number of likely N-dealkylation sites (N-methyl/N-ethyl adjacent to an activating group) is 1. The summed E-state index contributed by atoms with van der Waals surface area (Å²) in [5.41, 5.74) is 0.631. The van der Waals surface area contributed by atoms with Crippen molar-refractivity contribution >= 4 is 11.7 Å². The predicted molar refractivity (Wildman–Crippen MR) is 69.4 cm³/mol. The van der Waals surface area contributed by atoms with Crippen molar-refractivity contribution in [1.29, 1.82) is 0 Å². The van der Waals surface area contributed by atoms with Gasteiger partial charge in [-0.15, -0.1) is 0 Å². The summed E-state index contributed by atoms with van der Waals surface area (Å²) in [5.74, 6) is 0.705. The summed E-state index contributed by atoms with van der Waals surface area (Å²) in [6.07, 6.45) is 1.64. The number of anilines is 1. The summed E-state index contributed by atoms with van der Waals surface area (Å²) in [6.45, 7) is 2.62. The number of nitrogens with zero attached hydrogens (tertiary/aromatic N) is 2. The minimum Gasteiger partial charge on any atom is -0.363 e. The van der Waals surface area contributed by atoms with E-state index in [0.717, 1.165) is 5.82 Å². The molecule has 5 heteroatoms. The third kappa shape index (κ3) is 4.03. The number of amides is 1. The van der Waals surface area contributed by atoms with Gasteiger partial charge in [0, 0.05) is 38.4 Å². The SMILES string of the molecule is CNC(C)CNC(=O)c1ccnc(N(C)C)c1. The normalized spacial score (nSPS) is 12.0. The third-order valence-electron chi connectivity index (χ3n) is 2.53. The van der Waals surface area contributed by atoms with E-state index < -0.39 is 0 Å². The van der Waals surface area contributed by atoms with Gasteiger partial charge >= 0.3 is 0 Å². The molecular formula is C12H20N4O. The number of aromatic nitrogens is 1. The Hall–Kier alpha value is -1.62. The highest BCUT2D eigenvalue weighted by molar-refractivity contribution is 5.94. The van der Waals surface area contributed by atoms with E-state index in [4.69, 9.17) is 0 Å². The third-order valence-corrected chi connectivity index (χ3v) is 2.53. The molecule has 0 aliphatic heterocycles. The molecule has 0 saturated heterocycles. The molecule has 0 aromatic carbocycles. The molecule has 0 spiro atoms. The molecule has 5 nitrogen and oxygen atoms in total. The van der Waals surface area contributed by atoms with Crippen LogP contribution in [0.3, 0.4) is 0 Å². The lowest BCUT2D eigenvalue weighted by molar-refractivity contribution is 0.0950. The van der Waals surface area contributed by atoms with E-state index in [2.05, 4.69) is 15.6 Å². The summed E-state index contributed by atoms with van der Waals surface area (Å²) in [5, 5.41) is 5.93. The highest BCUT2D eigenvalue weighted by atomic mass is 16.1. The maximum atomic E-state index is 11.9. The lowest BCUT2D eigenvalue weighted by atomic mass is 10.2. The van der Waals surface area contributed by atoms with Gasteiger partial charge < -0.3 is 15.5 Å². The molecule has 1 aromatic rings. The van der Waals surface area contributed by atoms with Crippen LogP contribution >= 0.6 is 0 Å². The number of rotatable bonds is 5. The fourth-order valence-corrected chi connectivity index (χ4v) is 1.25. The van der Waals surface area contributed by atoms with Gasteiger partial charge in [-0.3, -0.25) is 4.79 Å². The molecule has 1 amide bonds. The Labute approximate surface area is 102 Å². The molecule has 0 bridgehead atoms. The Morgan fingerprint density at radius 1 is 1.53 bits per heavy atom. The summed E-state index contributed by atoms with van der Waals surface area (Å²) in [6, 6.07) is 3.75. The summed E-state index contributed by atoms with van der Waals surface area (Å²) in [7, 11) is 5.66. The van der Waals surface area contributed by atoms with E-state index in [1.807, 2.05) is 33.0 Å². The second kappa shape index (κ2) is 6.20. The summed E-state index contributed by atoms with van der Waals surface area (Å²) < 4.78 is 0. The minimum absolute atomic E-state index is 0.0717. The first-order chi connectivity index (χ1) is 8.04. The first-order valence-corrected chi connectivity index (χ1v) is 5.63. The summed E-state index contributed by atoms with van der Waals surface area (Å²) in [4.78, 5) is 17.9. The van der Waals surface area contributed by atoms with Crippen LogP contribution in [0.5, 0.6) is 0 Å². The highest BCUT2D eigenvalue weighted by Crippen LogP contribution is 2.09. The van der Waals surface area contributed by atoms with E-state index in [9.17, 15) is 4.79 Å². The molecule has 2 N–H and O–H groups in total. The molecule has 0 aliphatic carbocycles. The van der Waals surface area contributed by atoms with Crippen molar-refractivity contribution in [3.05, 3.63) is 23.9 Å². The van der Waals surface area contributed by atoms with E-state index in [0.29, 0.717) is 12.1 Å². The van der Waals surface area contributed by atoms with Crippen molar-refractivity contribution in [2.24, 2.45) is 0 Å². The van der Waals surface area contributed by atoms with E-state index >= 15 is 0 Å². The number of carbonyl (C=O) groups excluding carboxylic acids is 1. The topological polar surface area (TPSA) is 57.3 Å². The second-order valence-corrected chi connectivity index (χ2v) is 4.20. The number of carbonyl (C=O) groups is 1. The maximum absolute atomic E-state index is 11.9. The van der Waals surface area contributed by atoms with Crippen LogP contribution in [0, 0.1) is 0 Å². The predicted octanol–water partition coefficient (Wildman–Crippen LogP) is 0.485. The number of hydrogen-bond acceptors (Lipinski definition) is 4. The largest absolute Gasteiger partial charge is 0.363 e. The lowest BCUT2D eigenvalue weighted by Gasteiger charge is -2.13. The Balaban J connectivity index is 2.66. The van der Waals surface area contributed by atoms with Gasteiger partial charge in [0.25, 0.3) is 5.91 Å². The zero-order valence-corrected chi connectivity index (χ0v) is 10.8. The maximum Gasteiger partial charge on any atom is 0.251 e. The summed E-state index contributed by atoms with van der Waals surface area (Å²) >= 11 is 0. The Morgan fingerprint density at radius 3 is 2.82 bits per heavy atom. The van der Waals surface area contributed by atoms with Gasteiger partial charge in [0.2, 0.25) is 0 Å². The first kappa shape index (κ1) is 13.4. The second-order valence-electron chi connectivity index (χ2n) is 4.20. The van der Waals surface area contributed by atoms with E-state index in [1.165, 1.54) is 0 Å². The van der Waals surface area contributed by atoms with Crippen molar-refractivity contribution < 1.29 is 4.79 Å². The van der Waals surface area contributed by atoms with Crippen molar-refractivity contribution in [2.75, 3.05) is 32.6 Å². The Morgan fingerprint density at radius 2 is 2.24 bits per heavy atom. The Kier molecular flexibility index (Phi) is 4.90.